The van der Waals surface area contributed by atoms with E-state index in [-0.39, 0.29) is 12.6 Å². The smallest absolute Gasteiger partial charge is 0.344 e. The molecule has 0 unspecified atom stereocenters. The number of nitrogens with zero attached hydrogens (tertiary/aromatic N) is 2. The standard InChI is InChI=1S/C20H22N2O3/c1-15-6-5-8-17(12-15)25-14-19(23)24-11-10-22(2)20-18-9-4-3-7-16(18)13-21-20/h3-9,12H,10-11,13-14H2,1-2H3. The monoisotopic (exact) mass is 338 g/mol. The van der Waals surface area contributed by atoms with Crippen molar-refractivity contribution in [1.82, 2.24) is 4.90 Å². The van der Waals surface area contributed by atoms with Gasteiger partial charge in [0.25, 0.3) is 0 Å². The minimum absolute atomic E-state index is 0.0864. The molecule has 1 aliphatic rings. The molecule has 25 heavy (non-hydrogen) atoms. The number of hydrogen-bond donors (Lipinski definition) is 0. The van der Waals surface area contributed by atoms with Gasteiger partial charge in [0.15, 0.2) is 6.61 Å². The lowest BCUT2D eigenvalue weighted by atomic mass is 10.1. The van der Waals surface area contributed by atoms with Crippen LogP contribution >= 0.6 is 0 Å². The Morgan fingerprint density at radius 3 is 2.88 bits per heavy atom. The first kappa shape index (κ1) is 17.0. The van der Waals surface area contributed by atoms with Crippen molar-refractivity contribution in [3.8, 4) is 5.75 Å². The number of hydrogen-bond acceptors (Lipinski definition) is 5. The van der Waals surface area contributed by atoms with E-state index in [1.54, 1.807) is 0 Å². The molecule has 0 aliphatic carbocycles. The molecule has 2 aromatic carbocycles. The average Bonchev–Trinajstić information content (AvgIpc) is 3.04. The molecule has 130 valence electrons. The van der Waals surface area contributed by atoms with Crippen molar-refractivity contribution in [2.45, 2.75) is 13.5 Å². The fourth-order valence-corrected chi connectivity index (χ4v) is 2.74. The molecule has 0 N–H and O–H groups in total. The minimum atomic E-state index is -0.372. The second-order valence-electron chi connectivity index (χ2n) is 6.04. The summed E-state index contributed by atoms with van der Waals surface area (Å²) in [5.41, 5.74) is 3.47. The van der Waals surface area contributed by atoms with Gasteiger partial charge in [-0.05, 0) is 30.2 Å². The molecule has 0 atom stereocenters. The number of aryl methyl sites for hydroxylation is 1. The summed E-state index contributed by atoms with van der Waals surface area (Å²) in [6, 6.07) is 15.8. The molecule has 3 rings (SSSR count). The third kappa shape index (κ3) is 4.38. The van der Waals surface area contributed by atoms with Crippen molar-refractivity contribution in [2.75, 3.05) is 26.8 Å². The summed E-state index contributed by atoms with van der Waals surface area (Å²) in [6.45, 7) is 3.48. The Kier molecular flexibility index (Phi) is 5.33. The van der Waals surface area contributed by atoms with Crippen LogP contribution < -0.4 is 4.74 Å². The molecule has 0 aromatic heterocycles. The molecule has 0 radical (unpaired) electrons. The van der Waals surface area contributed by atoms with Crippen LogP contribution in [-0.2, 0) is 16.1 Å². The van der Waals surface area contributed by atoms with Gasteiger partial charge < -0.3 is 14.4 Å². The summed E-state index contributed by atoms with van der Waals surface area (Å²) in [4.78, 5) is 18.4. The maximum atomic E-state index is 11.8. The molecule has 0 saturated carbocycles. The van der Waals surface area contributed by atoms with E-state index < -0.39 is 0 Å². The largest absolute Gasteiger partial charge is 0.482 e. The van der Waals surface area contributed by atoms with E-state index in [2.05, 4.69) is 17.1 Å². The van der Waals surface area contributed by atoms with Crippen LogP contribution in [0.3, 0.4) is 0 Å². The van der Waals surface area contributed by atoms with Crippen LogP contribution in [0.5, 0.6) is 5.75 Å². The average molecular weight is 338 g/mol. The zero-order valence-corrected chi connectivity index (χ0v) is 14.6. The van der Waals surface area contributed by atoms with Gasteiger partial charge in [0.05, 0.1) is 13.1 Å². The van der Waals surface area contributed by atoms with Crippen LogP contribution in [0.25, 0.3) is 0 Å². The molecule has 0 spiro atoms. The summed E-state index contributed by atoms with van der Waals surface area (Å²) in [5.74, 6) is 1.25. The molecule has 0 fully saturated rings. The minimum Gasteiger partial charge on any atom is -0.482 e. The van der Waals surface area contributed by atoms with Gasteiger partial charge in [-0.2, -0.15) is 0 Å². The van der Waals surface area contributed by atoms with E-state index in [4.69, 9.17) is 9.47 Å². The SMILES string of the molecule is Cc1cccc(OCC(=O)OCCN(C)C2=NCc3ccccc32)c1. The first-order valence-corrected chi connectivity index (χ1v) is 8.32. The molecule has 0 bridgehead atoms. The zero-order valence-electron chi connectivity index (χ0n) is 14.6. The predicted octanol–water partition coefficient (Wildman–Crippen LogP) is 2.81. The van der Waals surface area contributed by atoms with Gasteiger partial charge in [0, 0.05) is 12.6 Å². The second-order valence-corrected chi connectivity index (χ2v) is 6.04. The number of likely N-dealkylation sites (N-methyl/N-ethyl adjacent to an activating group) is 1. The number of rotatable bonds is 6. The van der Waals surface area contributed by atoms with Crippen molar-refractivity contribution in [2.24, 2.45) is 4.99 Å². The Bertz CT molecular complexity index is 786. The Hall–Kier alpha value is -2.82. The van der Waals surface area contributed by atoms with Crippen molar-refractivity contribution < 1.29 is 14.3 Å². The normalized spacial score (nSPS) is 12.3. The maximum Gasteiger partial charge on any atom is 0.344 e. The van der Waals surface area contributed by atoms with Crippen molar-refractivity contribution in [1.29, 1.82) is 0 Å². The lowest BCUT2D eigenvalue weighted by molar-refractivity contribution is -0.146. The van der Waals surface area contributed by atoms with Crippen LogP contribution in [0.15, 0.2) is 53.5 Å². The van der Waals surface area contributed by atoms with E-state index in [9.17, 15) is 4.79 Å². The summed E-state index contributed by atoms with van der Waals surface area (Å²) < 4.78 is 10.7. The molecule has 1 aliphatic heterocycles. The number of aliphatic imine (C=N–C) groups is 1. The highest BCUT2D eigenvalue weighted by Crippen LogP contribution is 2.19. The van der Waals surface area contributed by atoms with Gasteiger partial charge >= 0.3 is 5.97 Å². The zero-order chi connectivity index (χ0) is 17.6. The number of fused-ring (bicyclic) bond motifs is 1. The van der Waals surface area contributed by atoms with Crippen molar-refractivity contribution >= 4 is 11.8 Å². The number of esters is 1. The third-order valence-corrected chi connectivity index (χ3v) is 4.05. The Balaban J connectivity index is 1.41. The van der Waals surface area contributed by atoms with E-state index in [1.165, 1.54) is 5.56 Å². The molecule has 5 heteroatoms. The highest BCUT2D eigenvalue weighted by molar-refractivity contribution is 6.01. The molecule has 0 saturated heterocycles. The lowest BCUT2D eigenvalue weighted by Crippen LogP contribution is -2.31. The van der Waals surface area contributed by atoms with Crippen LogP contribution in [0, 0.1) is 6.92 Å². The predicted molar refractivity (Wildman–Crippen MR) is 96.9 cm³/mol. The van der Waals surface area contributed by atoms with Gasteiger partial charge in [0.1, 0.15) is 18.2 Å². The van der Waals surface area contributed by atoms with Crippen molar-refractivity contribution in [3.05, 3.63) is 65.2 Å². The summed E-state index contributed by atoms with van der Waals surface area (Å²) in [6.07, 6.45) is 0. The van der Waals surface area contributed by atoms with E-state index in [0.717, 1.165) is 17.0 Å². The molecule has 0 amide bonds. The molecule has 5 nitrogen and oxygen atoms in total. The molecule has 2 aromatic rings. The van der Waals surface area contributed by atoms with Gasteiger partial charge in [0.2, 0.25) is 0 Å². The number of carbonyl (C=O) groups is 1. The first-order chi connectivity index (χ1) is 12.1. The van der Waals surface area contributed by atoms with Gasteiger partial charge in [-0.3, -0.25) is 4.99 Å². The Morgan fingerprint density at radius 1 is 1.20 bits per heavy atom. The summed E-state index contributed by atoms with van der Waals surface area (Å²) >= 11 is 0. The number of carbonyl (C=O) groups excluding carboxylic acids is 1. The number of amidine groups is 1. The Labute approximate surface area is 147 Å². The third-order valence-electron chi connectivity index (χ3n) is 4.05. The van der Waals surface area contributed by atoms with Gasteiger partial charge in [-0.1, -0.05) is 36.4 Å². The first-order valence-electron chi connectivity index (χ1n) is 8.32. The quantitative estimate of drug-likeness (QED) is 0.760. The van der Waals surface area contributed by atoms with Crippen LogP contribution in [0.2, 0.25) is 0 Å². The highest BCUT2D eigenvalue weighted by atomic mass is 16.6. The molecular weight excluding hydrogens is 316 g/mol. The Morgan fingerprint density at radius 2 is 2.04 bits per heavy atom. The van der Waals surface area contributed by atoms with Crippen LogP contribution in [-0.4, -0.2) is 43.5 Å². The summed E-state index contributed by atoms with van der Waals surface area (Å²) in [5, 5.41) is 0. The van der Waals surface area contributed by atoms with Crippen LogP contribution in [0.4, 0.5) is 0 Å². The maximum absolute atomic E-state index is 11.8. The molecular formula is C20H22N2O3. The fourth-order valence-electron chi connectivity index (χ4n) is 2.74. The fraction of sp³-hybridized carbons (Fsp3) is 0.300. The summed E-state index contributed by atoms with van der Waals surface area (Å²) in [7, 11) is 1.96. The number of ether oxygens (including phenoxy) is 2. The van der Waals surface area contributed by atoms with Gasteiger partial charge in [-0.25, -0.2) is 4.79 Å². The van der Waals surface area contributed by atoms with Crippen molar-refractivity contribution in [3.63, 3.8) is 0 Å². The second kappa shape index (κ2) is 7.83. The molecule has 1 heterocycles. The van der Waals surface area contributed by atoms with Crippen LogP contribution in [0.1, 0.15) is 16.7 Å². The topological polar surface area (TPSA) is 51.1 Å². The number of benzene rings is 2. The van der Waals surface area contributed by atoms with E-state index >= 15 is 0 Å². The van der Waals surface area contributed by atoms with E-state index in [0.29, 0.717) is 25.4 Å². The highest BCUT2D eigenvalue weighted by Gasteiger charge is 2.18. The lowest BCUT2D eigenvalue weighted by Gasteiger charge is -2.19. The van der Waals surface area contributed by atoms with E-state index in [1.807, 2.05) is 55.3 Å². The van der Waals surface area contributed by atoms with Gasteiger partial charge in [-0.15, -0.1) is 0 Å².